The predicted octanol–water partition coefficient (Wildman–Crippen LogP) is 0.536. The zero-order valence-electron chi connectivity index (χ0n) is 10.8. The molecular formula is C13H14N2O4S. The molecule has 1 unspecified atom stereocenters. The minimum absolute atomic E-state index is 0.217. The topological polar surface area (TPSA) is 86.7 Å². The number of β-lactam (4-membered cyclic amide) rings is 1. The van der Waals surface area contributed by atoms with Crippen LogP contribution in [0, 0.1) is 0 Å². The molecule has 1 fully saturated rings. The number of likely N-dealkylation sites (tertiary alicyclic amines) is 1. The van der Waals surface area contributed by atoms with Crippen LogP contribution in [0.3, 0.4) is 0 Å². The first-order valence-corrected chi connectivity index (χ1v) is 6.89. The van der Waals surface area contributed by atoms with Crippen molar-refractivity contribution >= 4 is 29.5 Å². The first-order chi connectivity index (χ1) is 9.49. The molecule has 2 rings (SSSR count). The van der Waals surface area contributed by atoms with Crippen LogP contribution in [-0.4, -0.2) is 45.8 Å². The highest BCUT2D eigenvalue weighted by Gasteiger charge is 2.44. The maximum Gasteiger partial charge on any atom is 0.337 e. The van der Waals surface area contributed by atoms with Gasteiger partial charge < -0.3 is 15.3 Å². The number of carbonyl (C=O) groups excluding carboxylic acids is 2. The highest BCUT2D eigenvalue weighted by Crippen LogP contribution is 2.29. The van der Waals surface area contributed by atoms with Crippen molar-refractivity contribution in [3.05, 3.63) is 30.3 Å². The van der Waals surface area contributed by atoms with E-state index < -0.39 is 17.4 Å². The van der Waals surface area contributed by atoms with Gasteiger partial charge in [0, 0.05) is 11.8 Å². The second-order valence-corrected chi connectivity index (χ2v) is 5.52. The van der Waals surface area contributed by atoms with Crippen LogP contribution in [0.25, 0.3) is 0 Å². The Balaban J connectivity index is 2.03. The Morgan fingerprint density at radius 3 is 2.55 bits per heavy atom. The van der Waals surface area contributed by atoms with Crippen LogP contribution < -0.4 is 5.32 Å². The monoisotopic (exact) mass is 294 g/mol. The van der Waals surface area contributed by atoms with Crippen molar-refractivity contribution in [2.45, 2.75) is 23.2 Å². The van der Waals surface area contributed by atoms with Crippen molar-refractivity contribution in [3.8, 4) is 0 Å². The van der Waals surface area contributed by atoms with Crippen LogP contribution >= 0.6 is 11.8 Å². The average molecular weight is 294 g/mol. The van der Waals surface area contributed by atoms with Crippen LogP contribution in [0.15, 0.2) is 35.2 Å². The number of benzene rings is 1. The van der Waals surface area contributed by atoms with Crippen LogP contribution in [0.1, 0.15) is 6.92 Å². The van der Waals surface area contributed by atoms with Crippen LogP contribution in [-0.2, 0) is 14.4 Å². The molecule has 0 spiro atoms. The number of carboxylic acid groups (broad SMARTS) is 1. The lowest BCUT2D eigenvalue weighted by molar-refractivity contribution is -0.155. The standard InChI is InChI=1S/C13H14N2O4S/c1-8(16)14-10-7-15(11(10)17)12(13(18)19)20-9-5-3-2-4-6-9/h2-6,10,12H,7H2,1H3,(H,14,16)(H,18,19)/t10-,12?/m0/s1. The third-order valence-electron chi connectivity index (χ3n) is 2.82. The van der Waals surface area contributed by atoms with Gasteiger partial charge in [0.25, 0.3) is 0 Å². The van der Waals surface area contributed by atoms with Crippen molar-refractivity contribution in [2.75, 3.05) is 6.54 Å². The molecule has 0 radical (unpaired) electrons. The summed E-state index contributed by atoms with van der Waals surface area (Å²) < 4.78 is 0. The first kappa shape index (κ1) is 14.4. The molecule has 1 aromatic carbocycles. The molecule has 1 heterocycles. The van der Waals surface area contributed by atoms with Crippen LogP contribution in [0.2, 0.25) is 0 Å². The van der Waals surface area contributed by atoms with Crippen LogP contribution in [0.4, 0.5) is 0 Å². The lowest BCUT2D eigenvalue weighted by Gasteiger charge is -2.41. The second kappa shape index (κ2) is 5.96. The molecule has 1 saturated heterocycles. The number of rotatable bonds is 5. The molecule has 20 heavy (non-hydrogen) atoms. The fraction of sp³-hybridized carbons (Fsp3) is 0.308. The number of amides is 2. The second-order valence-electron chi connectivity index (χ2n) is 4.37. The molecule has 6 nitrogen and oxygen atoms in total. The Hall–Kier alpha value is -2.02. The zero-order valence-corrected chi connectivity index (χ0v) is 11.6. The average Bonchev–Trinajstić information content (AvgIpc) is 2.41. The SMILES string of the molecule is CC(=O)N[C@H]1CN(C(Sc2ccccc2)C(=O)O)C1=O. The smallest absolute Gasteiger partial charge is 0.337 e. The molecule has 1 aliphatic heterocycles. The number of aliphatic carboxylic acids is 1. The van der Waals surface area contributed by atoms with Crippen molar-refractivity contribution in [2.24, 2.45) is 0 Å². The molecule has 2 atom stereocenters. The fourth-order valence-electron chi connectivity index (χ4n) is 1.89. The third-order valence-corrected chi connectivity index (χ3v) is 4.05. The Morgan fingerprint density at radius 2 is 2.05 bits per heavy atom. The molecule has 0 aliphatic carbocycles. The highest BCUT2D eigenvalue weighted by molar-refractivity contribution is 8.00. The third kappa shape index (κ3) is 3.11. The zero-order chi connectivity index (χ0) is 14.7. The number of nitrogens with zero attached hydrogens (tertiary/aromatic N) is 1. The van der Waals surface area contributed by atoms with Gasteiger partial charge in [-0.3, -0.25) is 9.59 Å². The molecular weight excluding hydrogens is 280 g/mol. The van der Waals surface area contributed by atoms with Gasteiger partial charge in [0.2, 0.25) is 11.8 Å². The first-order valence-electron chi connectivity index (χ1n) is 6.01. The van der Waals surface area contributed by atoms with Crippen molar-refractivity contribution in [1.82, 2.24) is 10.2 Å². The molecule has 106 valence electrons. The summed E-state index contributed by atoms with van der Waals surface area (Å²) in [6, 6.07) is 8.41. The van der Waals surface area contributed by atoms with Gasteiger partial charge in [-0.2, -0.15) is 0 Å². The maximum absolute atomic E-state index is 11.9. The van der Waals surface area contributed by atoms with E-state index in [4.69, 9.17) is 0 Å². The van der Waals surface area contributed by atoms with E-state index in [-0.39, 0.29) is 18.4 Å². The summed E-state index contributed by atoms with van der Waals surface area (Å²) in [7, 11) is 0. The van der Waals surface area contributed by atoms with Gasteiger partial charge >= 0.3 is 5.97 Å². The number of nitrogens with one attached hydrogen (secondary N) is 1. The molecule has 0 saturated carbocycles. The van der Waals surface area contributed by atoms with Gasteiger partial charge in [0.15, 0.2) is 5.37 Å². The van der Waals surface area contributed by atoms with Gasteiger partial charge in [-0.05, 0) is 12.1 Å². The summed E-state index contributed by atoms with van der Waals surface area (Å²) in [5.74, 6) is -1.74. The van der Waals surface area contributed by atoms with Gasteiger partial charge in [0.1, 0.15) is 6.04 Å². The summed E-state index contributed by atoms with van der Waals surface area (Å²) >= 11 is 1.10. The van der Waals surface area contributed by atoms with Crippen LogP contribution in [0.5, 0.6) is 0 Å². The Kier molecular flexibility index (Phi) is 4.29. The number of carbonyl (C=O) groups is 3. The lowest BCUT2D eigenvalue weighted by atomic mass is 10.1. The van der Waals surface area contributed by atoms with Crippen molar-refractivity contribution in [3.63, 3.8) is 0 Å². The molecule has 0 bridgehead atoms. The van der Waals surface area contributed by atoms with Gasteiger partial charge in [-0.1, -0.05) is 30.0 Å². The van der Waals surface area contributed by atoms with E-state index in [2.05, 4.69) is 5.32 Å². The number of hydrogen-bond acceptors (Lipinski definition) is 4. The summed E-state index contributed by atoms with van der Waals surface area (Å²) in [6.07, 6.45) is 0. The lowest BCUT2D eigenvalue weighted by Crippen LogP contribution is -2.66. The van der Waals surface area contributed by atoms with E-state index in [1.165, 1.54) is 11.8 Å². The van der Waals surface area contributed by atoms with Gasteiger partial charge in [-0.25, -0.2) is 4.79 Å². The number of hydrogen-bond donors (Lipinski definition) is 2. The largest absolute Gasteiger partial charge is 0.479 e. The molecule has 2 N–H and O–H groups in total. The molecule has 1 aromatic rings. The van der Waals surface area contributed by atoms with Gasteiger partial charge in [-0.15, -0.1) is 0 Å². The molecule has 2 amide bonds. The quantitative estimate of drug-likeness (QED) is 0.611. The van der Waals surface area contributed by atoms with E-state index in [0.29, 0.717) is 0 Å². The van der Waals surface area contributed by atoms with E-state index in [1.54, 1.807) is 24.3 Å². The summed E-state index contributed by atoms with van der Waals surface area (Å²) in [4.78, 5) is 36.1. The molecule has 1 aliphatic rings. The normalized spacial score (nSPS) is 19.1. The maximum atomic E-state index is 11.9. The predicted molar refractivity (Wildman–Crippen MR) is 73.0 cm³/mol. The minimum Gasteiger partial charge on any atom is -0.479 e. The van der Waals surface area contributed by atoms with E-state index in [9.17, 15) is 19.5 Å². The Morgan fingerprint density at radius 1 is 1.40 bits per heavy atom. The molecule has 7 heteroatoms. The van der Waals surface area contributed by atoms with Crippen molar-refractivity contribution < 1.29 is 19.5 Å². The summed E-state index contributed by atoms with van der Waals surface area (Å²) in [6.45, 7) is 1.54. The summed E-state index contributed by atoms with van der Waals surface area (Å²) in [5, 5.41) is 10.8. The van der Waals surface area contributed by atoms with Crippen molar-refractivity contribution in [1.29, 1.82) is 0 Å². The van der Waals surface area contributed by atoms with Gasteiger partial charge in [0.05, 0.1) is 6.54 Å². The Labute approximate surface area is 120 Å². The number of thioether (sulfide) groups is 1. The molecule has 0 aromatic heterocycles. The van der Waals surface area contributed by atoms with E-state index in [0.717, 1.165) is 16.7 Å². The summed E-state index contributed by atoms with van der Waals surface area (Å²) in [5.41, 5.74) is 0. The number of carboxylic acids is 1. The highest BCUT2D eigenvalue weighted by atomic mass is 32.2. The van der Waals surface area contributed by atoms with E-state index >= 15 is 0 Å². The minimum atomic E-state index is -1.08. The van der Waals surface area contributed by atoms with E-state index in [1.807, 2.05) is 6.07 Å². The fourth-order valence-corrected chi connectivity index (χ4v) is 2.88. The Bertz CT molecular complexity index is 534.